The van der Waals surface area contributed by atoms with Crippen LogP contribution in [-0.4, -0.2) is 36.6 Å². The molecule has 4 heteroatoms. The molecule has 22 heavy (non-hydrogen) atoms. The number of carbonyl (C=O) groups is 1. The Morgan fingerprint density at radius 2 is 1.82 bits per heavy atom. The van der Waals surface area contributed by atoms with Gasteiger partial charge in [-0.3, -0.25) is 4.79 Å². The Balaban J connectivity index is 1.94. The lowest BCUT2D eigenvalue weighted by Gasteiger charge is -2.36. The summed E-state index contributed by atoms with van der Waals surface area (Å²) in [7, 11) is 0. The number of ether oxygens (including phenoxy) is 1. The van der Waals surface area contributed by atoms with Gasteiger partial charge in [0.05, 0.1) is 17.8 Å². The molecule has 2 heterocycles. The van der Waals surface area contributed by atoms with Crippen LogP contribution in [0, 0.1) is 0 Å². The van der Waals surface area contributed by atoms with Crippen molar-refractivity contribution in [2.45, 2.75) is 26.1 Å². The minimum absolute atomic E-state index is 0.138. The number of anilines is 1. The summed E-state index contributed by atoms with van der Waals surface area (Å²) in [6, 6.07) is 11.9. The summed E-state index contributed by atoms with van der Waals surface area (Å²) >= 11 is 0. The Labute approximate surface area is 130 Å². The van der Waals surface area contributed by atoms with Crippen molar-refractivity contribution in [1.29, 1.82) is 0 Å². The van der Waals surface area contributed by atoms with Crippen molar-refractivity contribution in [2.75, 3.05) is 18.0 Å². The Morgan fingerprint density at radius 1 is 1.14 bits per heavy atom. The molecule has 4 nitrogen and oxygen atoms in total. The van der Waals surface area contributed by atoms with Gasteiger partial charge in [0.25, 0.3) is 0 Å². The van der Waals surface area contributed by atoms with Gasteiger partial charge in [0.2, 0.25) is 0 Å². The van der Waals surface area contributed by atoms with Crippen LogP contribution in [0.2, 0.25) is 0 Å². The van der Waals surface area contributed by atoms with Crippen molar-refractivity contribution >= 4 is 12.1 Å². The summed E-state index contributed by atoms with van der Waals surface area (Å²) in [4.78, 5) is 18.2. The van der Waals surface area contributed by atoms with Gasteiger partial charge in [0, 0.05) is 24.8 Å². The highest BCUT2D eigenvalue weighted by atomic mass is 16.5. The molecule has 2 atom stereocenters. The topological polar surface area (TPSA) is 42.4 Å². The first-order chi connectivity index (χ1) is 10.7. The number of morpholine rings is 1. The molecule has 114 valence electrons. The van der Waals surface area contributed by atoms with E-state index in [9.17, 15) is 4.79 Å². The molecule has 2 aromatic rings. The fourth-order valence-corrected chi connectivity index (χ4v) is 2.96. The summed E-state index contributed by atoms with van der Waals surface area (Å²) in [6.45, 7) is 5.59. The van der Waals surface area contributed by atoms with Crippen molar-refractivity contribution in [3.63, 3.8) is 0 Å². The van der Waals surface area contributed by atoms with Crippen molar-refractivity contribution in [3.8, 4) is 11.1 Å². The second kappa shape index (κ2) is 6.28. The van der Waals surface area contributed by atoms with Gasteiger partial charge in [-0.2, -0.15) is 0 Å². The van der Waals surface area contributed by atoms with Crippen LogP contribution in [0.25, 0.3) is 11.1 Å². The minimum Gasteiger partial charge on any atom is -0.372 e. The van der Waals surface area contributed by atoms with E-state index in [0.717, 1.165) is 36.3 Å². The van der Waals surface area contributed by atoms with Gasteiger partial charge in [-0.15, -0.1) is 0 Å². The molecule has 0 saturated carbocycles. The van der Waals surface area contributed by atoms with Crippen LogP contribution in [0.1, 0.15) is 24.2 Å². The van der Waals surface area contributed by atoms with Crippen LogP contribution in [0.15, 0.2) is 42.6 Å². The maximum Gasteiger partial charge on any atom is 0.153 e. The second-order valence-corrected chi connectivity index (χ2v) is 5.78. The third-order valence-electron chi connectivity index (χ3n) is 3.85. The molecule has 0 N–H and O–H groups in total. The fourth-order valence-electron chi connectivity index (χ4n) is 2.96. The van der Waals surface area contributed by atoms with Gasteiger partial charge in [0.15, 0.2) is 6.29 Å². The van der Waals surface area contributed by atoms with Crippen LogP contribution in [0.4, 0.5) is 5.82 Å². The van der Waals surface area contributed by atoms with Crippen LogP contribution in [0.5, 0.6) is 0 Å². The highest BCUT2D eigenvalue weighted by Crippen LogP contribution is 2.26. The molecule has 1 aliphatic heterocycles. The van der Waals surface area contributed by atoms with Crippen molar-refractivity contribution in [1.82, 2.24) is 4.98 Å². The van der Waals surface area contributed by atoms with E-state index in [1.54, 1.807) is 0 Å². The summed E-state index contributed by atoms with van der Waals surface area (Å²) in [6.07, 6.45) is 3.00. The first kappa shape index (κ1) is 14.7. The molecule has 0 aliphatic carbocycles. The number of hydrogen-bond donors (Lipinski definition) is 0. The van der Waals surface area contributed by atoms with Crippen LogP contribution >= 0.6 is 0 Å². The Bertz CT molecular complexity index is 647. The predicted octanol–water partition coefficient (Wildman–Crippen LogP) is 3.17. The van der Waals surface area contributed by atoms with Crippen LogP contribution in [-0.2, 0) is 4.74 Å². The third kappa shape index (κ3) is 3.02. The highest BCUT2D eigenvalue weighted by molar-refractivity contribution is 5.85. The standard InChI is InChI=1S/C18H20N2O2/c1-13-10-20(11-14(2)22-13)18-17(12-21)8-16(9-19-18)15-6-4-3-5-7-15/h3-9,12-14H,10-11H2,1-2H3/t13-,14+. The number of carbonyl (C=O) groups excluding carboxylic acids is 1. The number of aromatic nitrogens is 1. The van der Waals surface area contributed by atoms with E-state index in [-0.39, 0.29) is 12.2 Å². The van der Waals surface area contributed by atoms with E-state index < -0.39 is 0 Å². The smallest absolute Gasteiger partial charge is 0.153 e. The summed E-state index contributed by atoms with van der Waals surface area (Å²) in [5.41, 5.74) is 2.65. The van der Waals surface area contributed by atoms with E-state index in [0.29, 0.717) is 5.56 Å². The largest absolute Gasteiger partial charge is 0.372 e. The maximum absolute atomic E-state index is 11.5. The maximum atomic E-state index is 11.5. The Hall–Kier alpha value is -2.20. The normalized spacial score (nSPS) is 21.6. The van der Waals surface area contributed by atoms with Crippen LogP contribution in [0.3, 0.4) is 0 Å². The molecule has 1 aromatic heterocycles. The zero-order valence-corrected chi connectivity index (χ0v) is 12.9. The van der Waals surface area contributed by atoms with Gasteiger partial charge < -0.3 is 9.64 Å². The first-order valence-electron chi connectivity index (χ1n) is 7.58. The van der Waals surface area contributed by atoms with Crippen LogP contribution < -0.4 is 4.90 Å². The van der Waals surface area contributed by atoms with Gasteiger partial charge in [-0.25, -0.2) is 4.98 Å². The lowest BCUT2D eigenvalue weighted by molar-refractivity contribution is -0.00549. The third-order valence-corrected chi connectivity index (χ3v) is 3.85. The second-order valence-electron chi connectivity index (χ2n) is 5.78. The summed E-state index contributed by atoms with van der Waals surface area (Å²) in [5.74, 6) is 0.747. The average Bonchev–Trinajstić information content (AvgIpc) is 2.54. The average molecular weight is 296 g/mol. The molecule has 0 unspecified atom stereocenters. The molecular weight excluding hydrogens is 276 g/mol. The number of rotatable bonds is 3. The quantitative estimate of drug-likeness (QED) is 0.816. The number of pyridine rings is 1. The summed E-state index contributed by atoms with van der Waals surface area (Å²) in [5, 5.41) is 0. The molecule has 0 spiro atoms. The Kier molecular flexibility index (Phi) is 4.20. The Morgan fingerprint density at radius 3 is 2.45 bits per heavy atom. The highest BCUT2D eigenvalue weighted by Gasteiger charge is 2.25. The van der Waals surface area contributed by atoms with E-state index >= 15 is 0 Å². The van der Waals surface area contributed by atoms with Crippen molar-refractivity contribution in [3.05, 3.63) is 48.2 Å². The predicted molar refractivity (Wildman–Crippen MR) is 87.3 cm³/mol. The molecule has 0 amide bonds. The number of aldehydes is 1. The van der Waals surface area contributed by atoms with Gasteiger partial charge in [-0.1, -0.05) is 30.3 Å². The number of benzene rings is 1. The number of hydrogen-bond acceptors (Lipinski definition) is 4. The zero-order valence-electron chi connectivity index (χ0n) is 12.9. The lowest BCUT2D eigenvalue weighted by Crippen LogP contribution is -2.46. The van der Waals surface area contributed by atoms with Gasteiger partial charge in [-0.05, 0) is 25.5 Å². The van der Waals surface area contributed by atoms with E-state index in [1.165, 1.54) is 0 Å². The van der Waals surface area contributed by atoms with E-state index in [1.807, 2.05) is 56.4 Å². The SMILES string of the molecule is C[C@@H]1CN(c2ncc(-c3ccccc3)cc2C=O)C[C@H](C)O1. The molecule has 1 saturated heterocycles. The molecule has 1 fully saturated rings. The number of nitrogens with zero attached hydrogens (tertiary/aromatic N) is 2. The molecule has 0 bridgehead atoms. The molecule has 1 aromatic carbocycles. The fraction of sp³-hybridized carbons (Fsp3) is 0.333. The van der Waals surface area contributed by atoms with Crippen molar-refractivity contribution < 1.29 is 9.53 Å². The van der Waals surface area contributed by atoms with E-state index in [2.05, 4.69) is 9.88 Å². The first-order valence-corrected chi connectivity index (χ1v) is 7.58. The molecule has 1 aliphatic rings. The van der Waals surface area contributed by atoms with Gasteiger partial charge in [0.1, 0.15) is 5.82 Å². The van der Waals surface area contributed by atoms with E-state index in [4.69, 9.17) is 4.74 Å². The zero-order chi connectivity index (χ0) is 15.5. The van der Waals surface area contributed by atoms with Crippen molar-refractivity contribution in [2.24, 2.45) is 0 Å². The molecule has 0 radical (unpaired) electrons. The minimum atomic E-state index is 0.138. The van der Waals surface area contributed by atoms with Gasteiger partial charge >= 0.3 is 0 Å². The molecular formula is C18H20N2O2. The lowest BCUT2D eigenvalue weighted by atomic mass is 10.1. The molecule has 3 rings (SSSR count). The monoisotopic (exact) mass is 296 g/mol. The summed E-state index contributed by atoms with van der Waals surface area (Å²) < 4.78 is 5.75.